The van der Waals surface area contributed by atoms with Crippen molar-refractivity contribution in [1.82, 2.24) is 14.3 Å². The van der Waals surface area contributed by atoms with Crippen molar-refractivity contribution in [2.75, 3.05) is 56.3 Å². The highest BCUT2D eigenvalue weighted by atomic mass is 35.5. The number of carbonyl (C=O) groups excluding carboxylic acids is 1. The summed E-state index contributed by atoms with van der Waals surface area (Å²) in [6.45, 7) is 2.92. The average Bonchev–Trinajstić information content (AvgIpc) is 2.78. The summed E-state index contributed by atoms with van der Waals surface area (Å²) in [4.78, 5) is 27.2. The Labute approximate surface area is 213 Å². The average molecular weight is 567 g/mol. The van der Waals surface area contributed by atoms with Gasteiger partial charge in [-0.25, -0.2) is 9.34 Å². The van der Waals surface area contributed by atoms with Gasteiger partial charge < -0.3 is 9.26 Å². The Balaban J connectivity index is 3.54. The summed E-state index contributed by atoms with van der Waals surface area (Å²) in [6, 6.07) is 2.45. The molecule has 1 aromatic heterocycles. The monoisotopic (exact) mass is 565 g/mol. The first kappa shape index (κ1) is 30.3. The number of esters is 1. The Morgan fingerprint density at radius 1 is 1.15 bits per heavy atom. The van der Waals surface area contributed by atoms with Crippen LogP contribution in [0.1, 0.15) is 25.1 Å². The van der Waals surface area contributed by atoms with Crippen LogP contribution in [0.3, 0.4) is 0 Å². The van der Waals surface area contributed by atoms with Gasteiger partial charge in [0.15, 0.2) is 0 Å². The third-order valence-electron chi connectivity index (χ3n) is 4.37. The first-order chi connectivity index (χ1) is 15.8. The lowest BCUT2D eigenvalue weighted by molar-refractivity contribution is -0.385. The molecule has 0 spiro atoms. The Bertz CT molecular complexity index is 777. The number of hydrogen-bond acceptors (Lipinski definition) is 7. The molecular weight excluding hydrogens is 539 g/mol. The molecule has 0 amide bonds. The molecule has 1 heterocycles. The molecule has 0 bridgehead atoms. The van der Waals surface area contributed by atoms with Crippen LogP contribution in [0, 0.1) is 15.3 Å². The Morgan fingerprint density at radius 3 is 2.09 bits per heavy atom. The molecular formula is C18H28Cl4N5O5P. The number of nitrogens with zero attached hydrogens (tertiary/aromatic N) is 4. The highest BCUT2D eigenvalue weighted by Crippen LogP contribution is 2.58. The molecule has 1 rings (SSSR count). The Morgan fingerprint density at radius 2 is 1.67 bits per heavy atom. The summed E-state index contributed by atoms with van der Waals surface area (Å²) in [5.41, 5.74) is -0.0922. The maximum absolute atomic E-state index is 12.3. The van der Waals surface area contributed by atoms with E-state index in [9.17, 15) is 20.1 Å². The van der Waals surface area contributed by atoms with Crippen molar-refractivity contribution in [1.29, 1.82) is 5.16 Å². The fourth-order valence-electron chi connectivity index (χ4n) is 2.94. The molecule has 0 aromatic carbocycles. The fourth-order valence-corrected chi connectivity index (χ4v) is 6.87. The number of nitrogens with one attached hydrogen (secondary N) is 1. The van der Waals surface area contributed by atoms with E-state index in [4.69, 9.17) is 55.7 Å². The smallest absolute Gasteiger partial charge is 0.308 e. The minimum Gasteiger partial charge on any atom is -0.466 e. The van der Waals surface area contributed by atoms with E-state index in [1.165, 1.54) is 18.3 Å². The Kier molecular flexibility index (Phi) is 14.7. The number of pyridine rings is 1. The minimum atomic E-state index is -3.43. The van der Waals surface area contributed by atoms with Crippen molar-refractivity contribution in [3.05, 3.63) is 34.1 Å². The summed E-state index contributed by atoms with van der Waals surface area (Å²) < 4.78 is 14.8. The van der Waals surface area contributed by atoms with Crippen LogP contribution >= 0.6 is 54.0 Å². The Hall–Kier alpha value is -0.710. The molecule has 33 heavy (non-hydrogen) atoms. The third kappa shape index (κ3) is 9.45. The van der Waals surface area contributed by atoms with Crippen molar-refractivity contribution in [2.24, 2.45) is 0 Å². The SMILES string of the molecule is CCOC(=O)CC(OP(=N)(N(CCCl)CCCl)N(CCCl)CCCl)c1cc([N+](=O)[O-])ccn1. The van der Waals surface area contributed by atoms with Gasteiger partial charge in [-0.1, -0.05) is 0 Å². The van der Waals surface area contributed by atoms with Gasteiger partial charge in [-0.05, 0) is 6.92 Å². The minimum absolute atomic E-state index is 0.127. The van der Waals surface area contributed by atoms with Gasteiger partial charge in [0.2, 0.25) is 7.58 Å². The quantitative estimate of drug-likeness (QED) is 0.0910. The molecule has 1 unspecified atom stereocenters. The van der Waals surface area contributed by atoms with E-state index in [0.717, 1.165) is 0 Å². The third-order valence-corrected chi connectivity index (χ3v) is 7.93. The molecule has 0 saturated carbocycles. The van der Waals surface area contributed by atoms with Gasteiger partial charge in [0, 0.05) is 68.0 Å². The van der Waals surface area contributed by atoms with Gasteiger partial charge in [-0.3, -0.25) is 25.1 Å². The van der Waals surface area contributed by atoms with Gasteiger partial charge in [-0.2, -0.15) is 0 Å². The first-order valence-electron chi connectivity index (χ1n) is 10.1. The zero-order valence-electron chi connectivity index (χ0n) is 18.2. The molecule has 0 aliphatic carbocycles. The second-order valence-corrected chi connectivity index (χ2v) is 10.4. The second kappa shape index (κ2) is 16.1. The van der Waals surface area contributed by atoms with E-state index in [2.05, 4.69) is 4.98 Å². The molecule has 1 atom stereocenters. The molecule has 1 aromatic rings. The van der Waals surface area contributed by atoms with E-state index in [1.807, 2.05) is 0 Å². The zero-order chi connectivity index (χ0) is 24.9. The topological polar surface area (TPSA) is 122 Å². The number of aromatic nitrogens is 1. The number of rotatable bonds is 17. The normalized spacial score (nSPS) is 12.8. The van der Waals surface area contributed by atoms with E-state index in [-0.39, 0.29) is 74.1 Å². The van der Waals surface area contributed by atoms with Crippen LogP contribution < -0.4 is 0 Å². The molecule has 1 N–H and O–H groups in total. The summed E-state index contributed by atoms with van der Waals surface area (Å²) in [5, 5.41) is 20.7. The zero-order valence-corrected chi connectivity index (χ0v) is 22.1. The number of carbonyl (C=O) groups is 1. The number of hydrogen-bond donors (Lipinski definition) is 1. The molecule has 10 nitrogen and oxygen atoms in total. The van der Waals surface area contributed by atoms with E-state index in [1.54, 1.807) is 16.3 Å². The maximum atomic E-state index is 12.3. The van der Waals surface area contributed by atoms with Gasteiger partial charge in [0.1, 0.15) is 6.10 Å². The lowest BCUT2D eigenvalue weighted by Crippen LogP contribution is -2.38. The molecule has 0 radical (unpaired) electrons. The van der Waals surface area contributed by atoms with Gasteiger partial charge in [-0.15, -0.1) is 46.4 Å². The lowest BCUT2D eigenvalue weighted by Gasteiger charge is -2.42. The van der Waals surface area contributed by atoms with Crippen molar-refractivity contribution in [3.8, 4) is 0 Å². The van der Waals surface area contributed by atoms with Crippen molar-refractivity contribution >= 4 is 65.6 Å². The van der Waals surface area contributed by atoms with Crippen LogP contribution in [-0.2, 0) is 14.1 Å². The van der Waals surface area contributed by atoms with Crippen LogP contribution in [0.5, 0.6) is 0 Å². The highest BCUT2D eigenvalue weighted by molar-refractivity contribution is 7.55. The fraction of sp³-hybridized carbons (Fsp3) is 0.667. The number of alkyl halides is 4. The van der Waals surface area contributed by atoms with E-state index < -0.39 is 24.6 Å². The molecule has 15 heteroatoms. The van der Waals surface area contributed by atoms with Crippen LogP contribution in [0.4, 0.5) is 5.69 Å². The van der Waals surface area contributed by atoms with Crippen molar-refractivity contribution < 1.29 is 19.0 Å². The number of halogens is 4. The van der Waals surface area contributed by atoms with Crippen LogP contribution in [-0.4, -0.2) is 81.5 Å². The van der Waals surface area contributed by atoms with Crippen LogP contribution in [0.25, 0.3) is 0 Å². The summed E-state index contributed by atoms with van der Waals surface area (Å²) >= 11 is 24.0. The van der Waals surface area contributed by atoms with Crippen molar-refractivity contribution in [3.63, 3.8) is 0 Å². The number of ether oxygens (including phenoxy) is 1. The van der Waals surface area contributed by atoms with Gasteiger partial charge in [0.05, 0.1) is 23.6 Å². The van der Waals surface area contributed by atoms with Crippen LogP contribution in [0.15, 0.2) is 18.3 Å². The van der Waals surface area contributed by atoms with Gasteiger partial charge in [0.25, 0.3) is 5.69 Å². The van der Waals surface area contributed by atoms with Crippen molar-refractivity contribution in [2.45, 2.75) is 19.4 Å². The molecule has 0 saturated heterocycles. The summed E-state index contributed by atoms with van der Waals surface area (Å²) in [5.74, 6) is 0.217. The predicted octanol–water partition coefficient (Wildman–Crippen LogP) is 5.08. The molecule has 0 fully saturated rings. The second-order valence-electron chi connectivity index (χ2n) is 6.51. The molecule has 0 aliphatic heterocycles. The molecule has 0 aliphatic rings. The lowest BCUT2D eigenvalue weighted by atomic mass is 10.1. The predicted molar refractivity (Wildman–Crippen MR) is 132 cm³/mol. The number of nitro groups is 1. The van der Waals surface area contributed by atoms with Crippen LogP contribution in [0.2, 0.25) is 0 Å². The molecule has 188 valence electrons. The first-order valence-corrected chi connectivity index (χ1v) is 13.9. The summed E-state index contributed by atoms with van der Waals surface area (Å²) in [6.07, 6.45) is -0.145. The standard InChI is InChI=1S/C18H28Cl4N5O5P/c1-2-31-18(28)14-17(16-13-15(27(29)30)3-8-24-16)32-33(23,25(9-4-19)10-5-20)26(11-6-21)12-7-22/h3,8,13,17,23H,2,4-7,9-12,14H2,1H3. The van der Waals surface area contributed by atoms with Gasteiger partial charge >= 0.3 is 5.97 Å². The van der Waals surface area contributed by atoms with E-state index in [0.29, 0.717) is 0 Å². The highest BCUT2D eigenvalue weighted by Gasteiger charge is 2.38. The van der Waals surface area contributed by atoms with E-state index >= 15 is 0 Å². The maximum Gasteiger partial charge on any atom is 0.308 e. The largest absolute Gasteiger partial charge is 0.466 e. The summed E-state index contributed by atoms with van der Waals surface area (Å²) in [7, 11) is -3.43.